The summed E-state index contributed by atoms with van der Waals surface area (Å²) in [7, 11) is 3.56. The van der Waals surface area contributed by atoms with E-state index in [0.29, 0.717) is 19.7 Å². The van der Waals surface area contributed by atoms with Crippen molar-refractivity contribution in [2.45, 2.75) is 12.6 Å². The van der Waals surface area contributed by atoms with Crippen LogP contribution in [0.5, 0.6) is 0 Å². The van der Waals surface area contributed by atoms with Crippen LogP contribution in [0, 0.1) is 11.8 Å². The van der Waals surface area contributed by atoms with E-state index in [1.165, 1.54) is 4.88 Å². The van der Waals surface area contributed by atoms with Gasteiger partial charge in [-0.1, -0.05) is 11.8 Å². The molecule has 1 heterocycles. The molecule has 1 unspecified atom stereocenters. The molecule has 0 radical (unpaired) electrons. The van der Waals surface area contributed by atoms with Gasteiger partial charge in [-0.2, -0.15) is 0 Å². The summed E-state index contributed by atoms with van der Waals surface area (Å²) in [6.45, 7) is 2.14. The fraction of sp³-hybridized carbons (Fsp3) is 0.538. The largest absolute Gasteiger partial charge is 0.389 e. The maximum absolute atomic E-state index is 9.62. The average Bonchev–Trinajstić information content (AvgIpc) is 2.74. The van der Waals surface area contributed by atoms with Crippen LogP contribution in [-0.4, -0.2) is 50.0 Å². The standard InChI is InChI=1S/C13H20N2O2S/c1-15(7-12(16)9-17-2)8-13-6-11(10-18-13)4-3-5-14/h6,10,12,16H,5,7-9,14H2,1-2H3. The van der Waals surface area contributed by atoms with Crippen molar-refractivity contribution in [1.82, 2.24) is 4.90 Å². The second-order valence-corrected chi connectivity index (χ2v) is 5.11. The number of hydrogen-bond donors (Lipinski definition) is 2. The summed E-state index contributed by atoms with van der Waals surface area (Å²) >= 11 is 1.67. The van der Waals surface area contributed by atoms with Gasteiger partial charge in [0.05, 0.1) is 19.3 Å². The Morgan fingerprint density at radius 2 is 2.39 bits per heavy atom. The van der Waals surface area contributed by atoms with Gasteiger partial charge >= 0.3 is 0 Å². The SMILES string of the molecule is COCC(O)CN(C)Cc1cc(C#CCN)cs1. The predicted molar refractivity (Wildman–Crippen MR) is 74.5 cm³/mol. The molecular weight excluding hydrogens is 248 g/mol. The summed E-state index contributed by atoms with van der Waals surface area (Å²) in [5.41, 5.74) is 6.33. The predicted octanol–water partition coefficient (Wildman–Crippen LogP) is 0.497. The van der Waals surface area contributed by atoms with Crippen molar-refractivity contribution in [1.29, 1.82) is 0 Å². The summed E-state index contributed by atoms with van der Waals surface area (Å²) in [5.74, 6) is 5.84. The Bertz CT molecular complexity index is 409. The molecule has 1 aromatic heterocycles. The van der Waals surface area contributed by atoms with Crippen LogP contribution in [0.25, 0.3) is 0 Å². The van der Waals surface area contributed by atoms with Gasteiger partial charge < -0.3 is 15.6 Å². The van der Waals surface area contributed by atoms with Gasteiger partial charge in [-0.05, 0) is 13.1 Å². The van der Waals surface area contributed by atoms with E-state index in [2.05, 4.69) is 22.8 Å². The van der Waals surface area contributed by atoms with Crippen LogP contribution in [0.3, 0.4) is 0 Å². The molecule has 0 bridgehead atoms. The molecule has 0 aliphatic rings. The lowest BCUT2D eigenvalue weighted by Gasteiger charge is -2.19. The molecule has 1 rings (SSSR count). The maximum atomic E-state index is 9.62. The van der Waals surface area contributed by atoms with E-state index in [9.17, 15) is 5.11 Å². The van der Waals surface area contributed by atoms with E-state index in [1.54, 1.807) is 18.4 Å². The van der Waals surface area contributed by atoms with Crippen LogP contribution in [0.2, 0.25) is 0 Å². The van der Waals surface area contributed by atoms with Gasteiger partial charge in [0.1, 0.15) is 0 Å². The molecule has 18 heavy (non-hydrogen) atoms. The zero-order valence-corrected chi connectivity index (χ0v) is 11.7. The molecule has 0 saturated heterocycles. The highest BCUT2D eigenvalue weighted by molar-refractivity contribution is 7.10. The molecule has 0 saturated carbocycles. The molecular formula is C13H20N2O2S. The highest BCUT2D eigenvalue weighted by Crippen LogP contribution is 2.15. The second-order valence-electron chi connectivity index (χ2n) is 4.11. The average molecular weight is 268 g/mol. The Hall–Kier alpha value is -0.900. The molecule has 5 heteroatoms. The summed E-state index contributed by atoms with van der Waals surface area (Å²) in [6.07, 6.45) is -0.448. The molecule has 0 aliphatic carbocycles. The maximum Gasteiger partial charge on any atom is 0.0900 e. The third-order valence-electron chi connectivity index (χ3n) is 2.30. The van der Waals surface area contributed by atoms with Crippen molar-refractivity contribution in [3.63, 3.8) is 0 Å². The molecule has 0 spiro atoms. The number of hydrogen-bond acceptors (Lipinski definition) is 5. The van der Waals surface area contributed by atoms with E-state index >= 15 is 0 Å². The summed E-state index contributed by atoms with van der Waals surface area (Å²) in [5, 5.41) is 11.6. The summed E-state index contributed by atoms with van der Waals surface area (Å²) in [4.78, 5) is 3.29. The van der Waals surface area contributed by atoms with Crippen molar-refractivity contribution in [2.24, 2.45) is 5.73 Å². The topological polar surface area (TPSA) is 58.7 Å². The number of ether oxygens (including phenoxy) is 1. The Kier molecular flexibility index (Phi) is 6.94. The van der Waals surface area contributed by atoms with E-state index < -0.39 is 6.10 Å². The third-order valence-corrected chi connectivity index (χ3v) is 3.22. The number of rotatable bonds is 6. The number of thiophene rings is 1. The molecule has 1 aromatic rings. The van der Waals surface area contributed by atoms with E-state index in [-0.39, 0.29) is 0 Å². The summed E-state index contributed by atoms with van der Waals surface area (Å²) in [6, 6.07) is 2.06. The molecule has 0 fully saturated rings. The van der Waals surface area contributed by atoms with Crippen molar-refractivity contribution >= 4 is 11.3 Å². The number of aliphatic hydroxyl groups is 1. The molecule has 0 amide bonds. The number of nitrogens with zero attached hydrogens (tertiary/aromatic N) is 1. The molecule has 100 valence electrons. The quantitative estimate of drug-likeness (QED) is 0.738. The molecule has 4 nitrogen and oxygen atoms in total. The van der Waals surface area contributed by atoms with E-state index in [1.807, 2.05) is 12.4 Å². The van der Waals surface area contributed by atoms with Crippen molar-refractivity contribution < 1.29 is 9.84 Å². The fourth-order valence-electron chi connectivity index (χ4n) is 1.62. The minimum Gasteiger partial charge on any atom is -0.389 e. The van der Waals surface area contributed by atoms with Crippen molar-refractivity contribution in [3.8, 4) is 11.8 Å². The third kappa shape index (κ3) is 5.63. The fourth-order valence-corrected chi connectivity index (χ4v) is 2.51. The lowest BCUT2D eigenvalue weighted by Crippen LogP contribution is -2.31. The number of nitrogens with two attached hydrogens (primary N) is 1. The minimum atomic E-state index is -0.448. The Morgan fingerprint density at radius 1 is 1.61 bits per heavy atom. The first-order valence-electron chi connectivity index (χ1n) is 5.77. The lowest BCUT2D eigenvalue weighted by atomic mass is 10.3. The van der Waals surface area contributed by atoms with Crippen molar-refractivity contribution in [2.75, 3.05) is 33.9 Å². The Balaban J connectivity index is 2.44. The molecule has 3 N–H and O–H groups in total. The van der Waals surface area contributed by atoms with Gasteiger partial charge in [-0.25, -0.2) is 0 Å². The van der Waals surface area contributed by atoms with Crippen LogP contribution in [0.1, 0.15) is 10.4 Å². The molecule has 1 atom stereocenters. The number of likely N-dealkylation sites (N-methyl/N-ethyl adjacent to an activating group) is 1. The Labute approximate surface area is 112 Å². The van der Waals surface area contributed by atoms with Crippen LogP contribution in [0.4, 0.5) is 0 Å². The smallest absolute Gasteiger partial charge is 0.0900 e. The normalized spacial score (nSPS) is 12.3. The second kappa shape index (κ2) is 8.25. The van der Waals surface area contributed by atoms with Gasteiger partial charge in [0.15, 0.2) is 0 Å². The number of aliphatic hydroxyl groups excluding tert-OH is 1. The highest BCUT2D eigenvalue weighted by Gasteiger charge is 2.09. The molecule has 0 aliphatic heterocycles. The Morgan fingerprint density at radius 3 is 3.06 bits per heavy atom. The first kappa shape index (κ1) is 15.2. The van der Waals surface area contributed by atoms with E-state index in [0.717, 1.165) is 12.1 Å². The lowest BCUT2D eigenvalue weighted by molar-refractivity contribution is 0.0420. The van der Waals surface area contributed by atoms with Gasteiger partial charge in [-0.3, -0.25) is 4.90 Å². The van der Waals surface area contributed by atoms with Gasteiger partial charge in [0, 0.05) is 36.0 Å². The zero-order chi connectivity index (χ0) is 13.4. The van der Waals surface area contributed by atoms with E-state index in [4.69, 9.17) is 10.5 Å². The first-order valence-corrected chi connectivity index (χ1v) is 6.65. The number of methoxy groups -OCH3 is 1. The minimum absolute atomic E-state index is 0.363. The van der Waals surface area contributed by atoms with Crippen LogP contribution in [0.15, 0.2) is 11.4 Å². The van der Waals surface area contributed by atoms with Crippen molar-refractivity contribution in [3.05, 3.63) is 21.9 Å². The monoisotopic (exact) mass is 268 g/mol. The molecule has 0 aromatic carbocycles. The van der Waals surface area contributed by atoms with Gasteiger partial charge in [0.2, 0.25) is 0 Å². The highest BCUT2D eigenvalue weighted by atomic mass is 32.1. The van der Waals surface area contributed by atoms with Gasteiger partial charge in [0.25, 0.3) is 0 Å². The van der Waals surface area contributed by atoms with Crippen LogP contribution >= 0.6 is 11.3 Å². The zero-order valence-electron chi connectivity index (χ0n) is 10.8. The van der Waals surface area contributed by atoms with Crippen LogP contribution < -0.4 is 5.73 Å². The van der Waals surface area contributed by atoms with Gasteiger partial charge in [-0.15, -0.1) is 11.3 Å². The first-order chi connectivity index (χ1) is 8.65. The summed E-state index contributed by atoms with van der Waals surface area (Å²) < 4.78 is 4.90. The van der Waals surface area contributed by atoms with Crippen LogP contribution in [-0.2, 0) is 11.3 Å².